The summed E-state index contributed by atoms with van der Waals surface area (Å²) in [6.45, 7) is 3.76. The molecule has 0 aliphatic rings. The molecule has 0 bridgehead atoms. The number of carbonyl (C=O) groups is 1. The highest BCUT2D eigenvalue weighted by Crippen LogP contribution is 2.25. The van der Waals surface area contributed by atoms with Crippen LogP contribution in [0.2, 0.25) is 0 Å². The molecular formula is C20H19N3O3. The molecule has 0 saturated carbocycles. The average molecular weight is 349 g/mol. The largest absolute Gasteiger partial charge is 0.481 e. The molecule has 2 N–H and O–H groups in total. The van der Waals surface area contributed by atoms with E-state index in [2.05, 4.69) is 27.4 Å². The predicted octanol–water partition coefficient (Wildman–Crippen LogP) is 3.37. The average Bonchev–Trinajstić information content (AvgIpc) is 3.05. The van der Waals surface area contributed by atoms with E-state index in [4.69, 9.17) is 9.47 Å². The van der Waals surface area contributed by atoms with Crippen LogP contribution >= 0.6 is 0 Å². The van der Waals surface area contributed by atoms with Crippen molar-refractivity contribution in [2.45, 2.75) is 20.0 Å². The van der Waals surface area contributed by atoms with Crippen LogP contribution in [0.15, 0.2) is 48.5 Å². The van der Waals surface area contributed by atoms with E-state index < -0.39 is 6.10 Å². The van der Waals surface area contributed by atoms with Crippen LogP contribution in [0.1, 0.15) is 13.8 Å². The van der Waals surface area contributed by atoms with Crippen LogP contribution in [-0.2, 0) is 4.79 Å². The fourth-order valence-electron chi connectivity index (χ4n) is 2.34. The van der Waals surface area contributed by atoms with E-state index in [9.17, 15) is 4.79 Å². The van der Waals surface area contributed by atoms with Crippen molar-refractivity contribution >= 4 is 22.6 Å². The number of ether oxygens (including phenoxy) is 2. The first-order valence-corrected chi connectivity index (χ1v) is 8.20. The minimum atomic E-state index is -0.664. The summed E-state index contributed by atoms with van der Waals surface area (Å²) in [5.74, 6) is 7.05. The molecule has 0 aliphatic carbocycles. The minimum absolute atomic E-state index is 0.287. The third-order valence-electron chi connectivity index (χ3n) is 3.69. The van der Waals surface area contributed by atoms with Gasteiger partial charge in [-0.05, 0) is 44.2 Å². The number of hydrogen-bond acceptors (Lipinski definition) is 4. The molecule has 2 aromatic carbocycles. The van der Waals surface area contributed by atoms with E-state index in [1.165, 1.54) is 0 Å². The van der Waals surface area contributed by atoms with Gasteiger partial charge < -0.3 is 14.8 Å². The summed E-state index contributed by atoms with van der Waals surface area (Å²) in [6, 6.07) is 14.7. The lowest BCUT2D eigenvalue weighted by molar-refractivity contribution is -0.122. The van der Waals surface area contributed by atoms with Crippen molar-refractivity contribution in [1.82, 2.24) is 10.2 Å². The number of carbonyl (C=O) groups excluding carboxylic acids is 1. The summed E-state index contributed by atoms with van der Waals surface area (Å²) in [7, 11) is 0. The van der Waals surface area contributed by atoms with Gasteiger partial charge in [-0.25, -0.2) is 0 Å². The second kappa shape index (κ2) is 8.08. The van der Waals surface area contributed by atoms with Gasteiger partial charge in [0.2, 0.25) is 0 Å². The third kappa shape index (κ3) is 4.14. The van der Waals surface area contributed by atoms with E-state index in [1.807, 2.05) is 36.4 Å². The maximum Gasteiger partial charge on any atom is 0.266 e. The SMILES string of the molecule is CC#CCOc1ccc2[nH]nc(NC(=O)C(C)Oc3ccccc3)c2c1. The summed E-state index contributed by atoms with van der Waals surface area (Å²) in [4.78, 5) is 12.4. The number of fused-ring (bicyclic) bond motifs is 1. The smallest absolute Gasteiger partial charge is 0.266 e. The van der Waals surface area contributed by atoms with E-state index in [1.54, 1.807) is 26.0 Å². The number of aromatic amines is 1. The number of H-pyrrole nitrogens is 1. The summed E-state index contributed by atoms with van der Waals surface area (Å²) in [5.41, 5.74) is 0.797. The van der Waals surface area contributed by atoms with Crippen molar-refractivity contribution in [2.75, 3.05) is 11.9 Å². The summed E-state index contributed by atoms with van der Waals surface area (Å²) < 4.78 is 11.2. The molecule has 3 aromatic rings. The van der Waals surface area contributed by atoms with Gasteiger partial charge in [0.25, 0.3) is 5.91 Å². The van der Waals surface area contributed by atoms with Crippen molar-refractivity contribution in [3.05, 3.63) is 48.5 Å². The fraction of sp³-hybridized carbons (Fsp3) is 0.200. The second-order valence-corrected chi connectivity index (χ2v) is 5.56. The van der Waals surface area contributed by atoms with Gasteiger partial charge >= 0.3 is 0 Å². The van der Waals surface area contributed by atoms with Crippen LogP contribution in [0, 0.1) is 11.8 Å². The standard InChI is InChI=1S/C20H19N3O3/c1-3-4-12-25-16-10-11-18-17(13-16)19(23-22-18)21-20(24)14(2)26-15-8-6-5-7-9-15/h5-11,13-14H,12H2,1-2H3,(H2,21,22,23,24). The Labute approximate surface area is 151 Å². The Hall–Kier alpha value is -3.46. The number of hydrogen-bond donors (Lipinski definition) is 2. The highest BCUT2D eigenvalue weighted by molar-refractivity contribution is 6.01. The maximum absolute atomic E-state index is 12.4. The van der Waals surface area contributed by atoms with Crippen molar-refractivity contribution in [3.8, 4) is 23.3 Å². The fourth-order valence-corrected chi connectivity index (χ4v) is 2.34. The van der Waals surface area contributed by atoms with Crippen molar-refractivity contribution in [2.24, 2.45) is 0 Å². The highest BCUT2D eigenvalue weighted by atomic mass is 16.5. The van der Waals surface area contributed by atoms with Crippen molar-refractivity contribution in [1.29, 1.82) is 0 Å². The second-order valence-electron chi connectivity index (χ2n) is 5.56. The number of aromatic nitrogens is 2. The predicted molar refractivity (Wildman–Crippen MR) is 100 cm³/mol. The Morgan fingerprint density at radius 3 is 2.81 bits per heavy atom. The van der Waals surface area contributed by atoms with Gasteiger partial charge in [0.15, 0.2) is 11.9 Å². The van der Waals surface area contributed by atoms with Crippen LogP contribution < -0.4 is 14.8 Å². The number of rotatable bonds is 6. The quantitative estimate of drug-likeness (QED) is 0.669. The monoisotopic (exact) mass is 349 g/mol. The van der Waals surface area contributed by atoms with Crippen LogP contribution in [-0.4, -0.2) is 28.8 Å². The molecule has 6 nitrogen and oxygen atoms in total. The van der Waals surface area contributed by atoms with E-state index in [0.29, 0.717) is 23.9 Å². The molecule has 0 spiro atoms. The van der Waals surface area contributed by atoms with Gasteiger partial charge in [0, 0.05) is 5.39 Å². The van der Waals surface area contributed by atoms with E-state index >= 15 is 0 Å². The Morgan fingerprint density at radius 1 is 1.23 bits per heavy atom. The third-order valence-corrected chi connectivity index (χ3v) is 3.69. The molecule has 26 heavy (non-hydrogen) atoms. The molecule has 0 fully saturated rings. The Bertz CT molecular complexity index is 955. The molecule has 1 aromatic heterocycles. The number of nitrogens with one attached hydrogen (secondary N) is 2. The Kier molecular flexibility index (Phi) is 5.40. The van der Waals surface area contributed by atoms with Crippen molar-refractivity contribution < 1.29 is 14.3 Å². The molecule has 6 heteroatoms. The molecule has 1 amide bonds. The maximum atomic E-state index is 12.4. The zero-order chi connectivity index (χ0) is 18.4. The summed E-state index contributed by atoms with van der Waals surface area (Å²) in [5, 5.41) is 10.6. The van der Waals surface area contributed by atoms with Gasteiger partial charge in [-0.1, -0.05) is 24.1 Å². The molecule has 0 radical (unpaired) electrons. The molecule has 0 aliphatic heterocycles. The molecule has 0 saturated heterocycles. The zero-order valence-corrected chi connectivity index (χ0v) is 14.6. The first kappa shape index (κ1) is 17.4. The molecule has 1 unspecified atom stereocenters. The van der Waals surface area contributed by atoms with Gasteiger partial charge in [0.1, 0.15) is 18.1 Å². The minimum Gasteiger partial charge on any atom is -0.481 e. The van der Waals surface area contributed by atoms with Gasteiger partial charge in [-0.3, -0.25) is 9.89 Å². The van der Waals surface area contributed by atoms with Gasteiger partial charge in [-0.15, -0.1) is 5.92 Å². The normalized spacial score (nSPS) is 11.3. The van der Waals surface area contributed by atoms with Crippen LogP contribution in [0.5, 0.6) is 11.5 Å². The highest BCUT2D eigenvalue weighted by Gasteiger charge is 2.17. The summed E-state index contributed by atoms with van der Waals surface area (Å²) >= 11 is 0. The zero-order valence-electron chi connectivity index (χ0n) is 14.6. The molecular weight excluding hydrogens is 330 g/mol. The molecule has 1 heterocycles. The summed E-state index contributed by atoms with van der Waals surface area (Å²) in [6.07, 6.45) is -0.664. The van der Waals surface area contributed by atoms with E-state index in [0.717, 1.165) is 10.9 Å². The van der Waals surface area contributed by atoms with Gasteiger partial charge in [0.05, 0.1) is 5.52 Å². The molecule has 3 rings (SSSR count). The number of benzene rings is 2. The van der Waals surface area contributed by atoms with Gasteiger partial charge in [-0.2, -0.15) is 5.10 Å². The van der Waals surface area contributed by atoms with Crippen molar-refractivity contribution in [3.63, 3.8) is 0 Å². The molecule has 132 valence electrons. The van der Waals surface area contributed by atoms with Crippen LogP contribution in [0.4, 0.5) is 5.82 Å². The number of nitrogens with zero attached hydrogens (tertiary/aromatic N) is 1. The molecule has 1 atom stereocenters. The Morgan fingerprint density at radius 2 is 2.04 bits per heavy atom. The first-order valence-electron chi connectivity index (χ1n) is 8.20. The lowest BCUT2D eigenvalue weighted by Crippen LogP contribution is -2.30. The van der Waals surface area contributed by atoms with Crippen LogP contribution in [0.3, 0.4) is 0 Å². The Balaban J connectivity index is 1.71. The topological polar surface area (TPSA) is 76.2 Å². The lowest BCUT2D eigenvalue weighted by atomic mass is 10.2. The lowest BCUT2D eigenvalue weighted by Gasteiger charge is -2.13. The van der Waals surface area contributed by atoms with E-state index in [-0.39, 0.29) is 5.91 Å². The van der Waals surface area contributed by atoms with Crippen LogP contribution in [0.25, 0.3) is 10.9 Å². The first-order chi connectivity index (χ1) is 12.7. The number of anilines is 1. The number of amides is 1. The number of para-hydroxylation sites is 1.